The summed E-state index contributed by atoms with van der Waals surface area (Å²) in [7, 11) is 0. The molecule has 0 unspecified atom stereocenters. The second-order valence-electron chi connectivity index (χ2n) is 4.34. The van der Waals surface area contributed by atoms with Gasteiger partial charge in [-0.1, -0.05) is 37.5 Å². The van der Waals surface area contributed by atoms with Crippen LogP contribution in [-0.4, -0.2) is 18.1 Å². The lowest BCUT2D eigenvalue weighted by molar-refractivity contribution is -0.480. The zero-order valence-corrected chi connectivity index (χ0v) is 10.7. The van der Waals surface area contributed by atoms with Crippen molar-refractivity contribution in [1.29, 1.82) is 0 Å². The van der Waals surface area contributed by atoms with E-state index < -0.39 is 0 Å². The minimum absolute atomic E-state index is 0.108. The topological polar surface area (TPSA) is 52.4 Å². The monoisotopic (exact) mass is 251 g/mol. The molecular weight excluding hydrogens is 230 g/mol. The molecule has 1 aromatic rings. The van der Waals surface area contributed by atoms with Crippen LogP contribution in [0.15, 0.2) is 30.3 Å². The maximum Gasteiger partial charge on any atom is 0.203 e. The van der Waals surface area contributed by atoms with Gasteiger partial charge in [-0.2, -0.15) is 0 Å². The zero-order chi connectivity index (χ0) is 13.1. The number of benzene rings is 1. The van der Waals surface area contributed by atoms with E-state index >= 15 is 0 Å². The fourth-order valence-electron chi connectivity index (χ4n) is 1.76. The van der Waals surface area contributed by atoms with Gasteiger partial charge in [0.25, 0.3) is 0 Å². The van der Waals surface area contributed by atoms with Gasteiger partial charge < -0.3 is 4.74 Å². The Bertz CT molecular complexity index is 327. The van der Waals surface area contributed by atoms with Crippen molar-refractivity contribution >= 4 is 0 Å². The lowest BCUT2D eigenvalue weighted by Crippen LogP contribution is -2.00. The van der Waals surface area contributed by atoms with Crippen LogP contribution in [-0.2, 0) is 0 Å². The summed E-state index contributed by atoms with van der Waals surface area (Å²) in [6.07, 6.45) is 6.05. The Kier molecular flexibility index (Phi) is 7.60. The highest BCUT2D eigenvalue weighted by molar-refractivity contribution is 5.20. The van der Waals surface area contributed by atoms with Gasteiger partial charge in [-0.25, -0.2) is 0 Å². The SMILES string of the molecule is O=[N+]([O-])CCCCCCCCOc1ccccc1. The van der Waals surface area contributed by atoms with Gasteiger partial charge in [-0.15, -0.1) is 0 Å². The molecule has 0 spiro atoms. The van der Waals surface area contributed by atoms with E-state index in [1.165, 1.54) is 0 Å². The number of nitro groups is 1. The maximum atomic E-state index is 10.1. The van der Waals surface area contributed by atoms with E-state index in [4.69, 9.17) is 4.74 Å². The molecule has 0 aliphatic carbocycles. The first-order valence-electron chi connectivity index (χ1n) is 6.58. The van der Waals surface area contributed by atoms with Crippen LogP contribution in [0.1, 0.15) is 38.5 Å². The van der Waals surface area contributed by atoms with Crippen LogP contribution in [0, 0.1) is 10.1 Å². The number of hydrogen-bond donors (Lipinski definition) is 0. The fraction of sp³-hybridized carbons (Fsp3) is 0.571. The summed E-state index contributed by atoms with van der Waals surface area (Å²) >= 11 is 0. The Labute approximate surface area is 108 Å². The van der Waals surface area contributed by atoms with E-state index in [2.05, 4.69) is 0 Å². The molecule has 0 radical (unpaired) electrons. The molecule has 0 saturated carbocycles. The highest BCUT2D eigenvalue weighted by Crippen LogP contribution is 2.10. The summed E-state index contributed by atoms with van der Waals surface area (Å²) in [5.74, 6) is 0.920. The van der Waals surface area contributed by atoms with Gasteiger partial charge in [0.15, 0.2) is 0 Å². The number of rotatable bonds is 10. The third-order valence-electron chi connectivity index (χ3n) is 2.75. The summed E-state index contributed by atoms with van der Waals surface area (Å²) in [6.45, 7) is 0.857. The minimum Gasteiger partial charge on any atom is -0.494 e. The van der Waals surface area contributed by atoms with Crippen molar-refractivity contribution in [2.75, 3.05) is 13.2 Å². The normalized spacial score (nSPS) is 10.2. The summed E-state index contributed by atoms with van der Waals surface area (Å²) in [5.41, 5.74) is 0. The third-order valence-corrected chi connectivity index (χ3v) is 2.75. The molecule has 0 heterocycles. The Hall–Kier alpha value is -1.58. The van der Waals surface area contributed by atoms with Crippen molar-refractivity contribution in [2.45, 2.75) is 38.5 Å². The smallest absolute Gasteiger partial charge is 0.203 e. The highest BCUT2D eigenvalue weighted by atomic mass is 16.6. The third kappa shape index (κ3) is 7.65. The number of unbranched alkanes of at least 4 members (excludes halogenated alkanes) is 5. The maximum absolute atomic E-state index is 10.1. The zero-order valence-electron chi connectivity index (χ0n) is 10.7. The molecule has 4 heteroatoms. The lowest BCUT2D eigenvalue weighted by Gasteiger charge is -2.05. The molecule has 0 aromatic heterocycles. The molecule has 0 bridgehead atoms. The molecule has 1 rings (SSSR count). The molecule has 0 saturated heterocycles. The predicted octanol–water partition coefficient (Wildman–Crippen LogP) is 3.68. The van der Waals surface area contributed by atoms with Crippen LogP contribution in [0.4, 0.5) is 0 Å². The Morgan fingerprint density at radius 3 is 2.22 bits per heavy atom. The van der Waals surface area contributed by atoms with Crippen molar-refractivity contribution in [3.8, 4) is 5.75 Å². The second-order valence-corrected chi connectivity index (χ2v) is 4.34. The van der Waals surface area contributed by atoms with Gasteiger partial charge in [0, 0.05) is 11.3 Å². The van der Waals surface area contributed by atoms with Crippen LogP contribution < -0.4 is 4.74 Å². The van der Waals surface area contributed by atoms with Gasteiger partial charge >= 0.3 is 0 Å². The van der Waals surface area contributed by atoms with Crippen LogP contribution in [0.5, 0.6) is 5.75 Å². The van der Waals surface area contributed by atoms with E-state index in [9.17, 15) is 10.1 Å². The molecule has 4 nitrogen and oxygen atoms in total. The molecule has 0 atom stereocenters. The van der Waals surface area contributed by atoms with Crippen molar-refractivity contribution < 1.29 is 9.66 Å². The van der Waals surface area contributed by atoms with Crippen LogP contribution >= 0.6 is 0 Å². The van der Waals surface area contributed by atoms with Crippen LogP contribution in [0.2, 0.25) is 0 Å². The summed E-state index contributed by atoms with van der Waals surface area (Å²) in [6, 6.07) is 9.81. The van der Waals surface area contributed by atoms with Gasteiger partial charge in [0.2, 0.25) is 6.54 Å². The second kappa shape index (κ2) is 9.45. The van der Waals surface area contributed by atoms with E-state index in [-0.39, 0.29) is 11.5 Å². The van der Waals surface area contributed by atoms with Crippen molar-refractivity contribution in [1.82, 2.24) is 0 Å². The van der Waals surface area contributed by atoms with E-state index in [0.717, 1.165) is 44.5 Å². The molecule has 0 aliphatic rings. The summed E-state index contributed by atoms with van der Waals surface area (Å²) in [4.78, 5) is 9.85. The lowest BCUT2D eigenvalue weighted by atomic mass is 10.1. The average molecular weight is 251 g/mol. The average Bonchev–Trinajstić information content (AvgIpc) is 2.37. The van der Waals surface area contributed by atoms with Gasteiger partial charge in [0.1, 0.15) is 5.75 Å². The van der Waals surface area contributed by atoms with Crippen molar-refractivity contribution in [3.05, 3.63) is 40.4 Å². The molecule has 100 valence electrons. The quantitative estimate of drug-likeness (QED) is 0.362. The highest BCUT2D eigenvalue weighted by Gasteiger charge is 1.97. The Balaban J connectivity index is 1.86. The van der Waals surface area contributed by atoms with Gasteiger partial charge in [-0.05, 0) is 25.0 Å². The van der Waals surface area contributed by atoms with Gasteiger partial charge in [0.05, 0.1) is 6.61 Å². The first-order chi connectivity index (χ1) is 8.79. The Morgan fingerprint density at radius 2 is 1.56 bits per heavy atom. The molecule has 18 heavy (non-hydrogen) atoms. The fourth-order valence-corrected chi connectivity index (χ4v) is 1.76. The number of nitrogens with zero attached hydrogens (tertiary/aromatic N) is 1. The van der Waals surface area contributed by atoms with Crippen LogP contribution in [0.3, 0.4) is 0 Å². The van der Waals surface area contributed by atoms with E-state index in [0.29, 0.717) is 6.42 Å². The number of hydrogen-bond acceptors (Lipinski definition) is 3. The first kappa shape index (κ1) is 14.5. The number of ether oxygens (including phenoxy) is 1. The largest absolute Gasteiger partial charge is 0.494 e. The van der Waals surface area contributed by atoms with E-state index in [1.807, 2.05) is 30.3 Å². The molecule has 0 fully saturated rings. The first-order valence-corrected chi connectivity index (χ1v) is 6.58. The summed E-state index contributed by atoms with van der Waals surface area (Å²) in [5, 5.41) is 10.1. The molecule has 0 N–H and O–H groups in total. The van der Waals surface area contributed by atoms with E-state index in [1.54, 1.807) is 0 Å². The minimum atomic E-state index is -0.242. The molecule has 0 aliphatic heterocycles. The van der Waals surface area contributed by atoms with Crippen LogP contribution in [0.25, 0.3) is 0 Å². The van der Waals surface area contributed by atoms with Gasteiger partial charge in [-0.3, -0.25) is 10.1 Å². The van der Waals surface area contributed by atoms with Crippen molar-refractivity contribution in [2.24, 2.45) is 0 Å². The Morgan fingerprint density at radius 1 is 0.944 bits per heavy atom. The predicted molar refractivity (Wildman–Crippen MR) is 71.5 cm³/mol. The molecule has 0 amide bonds. The molecular formula is C14H21NO3. The number of para-hydroxylation sites is 1. The van der Waals surface area contributed by atoms with Crippen molar-refractivity contribution in [3.63, 3.8) is 0 Å². The molecule has 1 aromatic carbocycles. The summed E-state index contributed by atoms with van der Waals surface area (Å²) < 4.78 is 5.58. The standard InChI is InChI=1S/C14H21NO3/c16-15(17)12-8-3-1-2-4-9-13-18-14-10-6-5-7-11-14/h5-7,10-11H,1-4,8-9,12-13H2.